The maximum atomic E-state index is 13.4. The van der Waals surface area contributed by atoms with Crippen molar-refractivity contribution in [3.8, 4) is 34.3 Å². The maximum Gasteiger partial charge on any atom is 0.339 e. The zero-order chi connectivity index (χ0) is 32.1. The fourth-order valence-electron chi connectivity index (χ4n) is 5.10. The first-order valence-corrected chi connectivity index (χ1v) is 15.2. The highest BCUT2D eigenvalue weighted by Gasteiger charge is 2.24. The molecule has 0 fully saturated rings. The van der Waals surface area contributed by atoms with Crippen LogP contribution in [0.1, 0.15) is 46.8 Å². The number of rotatable bonds is 13. The summed E-state index contributed by atoms with van der Waals surface area (Å²) in [7, 11) is 1.58. The molecule has 0 atom stereocenters. The van der Waals surface area contributed by atoms with Gasteiger partial charge in [-0.2, -0.15) is 5.10 Å². The Labute approximate surface area is 270 Å². The average Bonchev–Trinajstić information content (AvgIpc) is 3.64. The topological polar surface area (TPSA) is 109 Å². The number of aromatic nitrogens is 2. The number of nitrogens with zero attached hydrogens (tertiary/aromatic N) is 2. The molecule has 0 saturated heterocycles. The van der Waals surface area contributed by atoms with Crippen molar-refractivity contribution < 1.29 is 33.6 Å². The molecule has 2 heterocycles. The minimum atomic E-state index is -1.10. The van der Waals surface area contributed by atoms with Crippen molar-refractivity contribution in [3.63, 3.8) is 0 Å². The molecule has 1 aliphatic heterocycles. The Balaban J connectivity index is 1.44. The number of esters is 1. The normalized spacial score (nSPS) is 11.9. The summed E-state index contributed by atoms with van der Waals surface area (Å²) in [4.78, 5) is 25.2. The third-order valence-electron chi connectivity index (χ3n) is 7.40. The van der Waals surface area contributed by atoms with Crippen LogP contribution in [0.25, 0.3) is 11.3 Å². The molecule has 1 aromatic heterocycles. The zero-order valence-corrected chi connectivity index (χ0v) is 26.4. The lowest BCUT2D eigenvalue weighted by Gasteiger charge is -2.16. The highest BCUT2D eigenvalue weighted by atomic mass is 35.5. The van der Waals surface area contributed by atoms with E-state index >= 15 is 0 Å². The molecule has 5 rings (SSSR count). The van der Waals surface area contributed by atoms with E-state index in [-0.39, 0.29) is 29.9 Å². The highest BCUT2D eigenvalue weighted by molar-refractivity contribution is 6.31. The van der Waals surface area contributed by atoms with E-state index < -0.39 is 11.9 Å². The molecular formula is C34H32Cl2N2O7. The van der Waals surface area contributed by atoms with Gasteiger partial charge < -0.3 is 24.1 Å². The quantitative estimate of drug-likeness (QED) is 0.116. The molecule has 11 heteroatoms. The number of hydrogen-bond acceptors (Lipinski definition) is 7. The van der Waals surface area contributed by atoms with Gasteiger partial charge in [0.15, 0.2) is 5.75 Å². The SMILES string of the molecule is C=C(Cc1cc2c(cc1OC)CCO2)C(=O)Oc1cnn(CCCC)c1-c1ccc(Cl)cc1OCc1cc(Cl)ccc1C(=O)O. The van der Waals surface area contributed by atoms with Crippen LogP contribution >= 0.6 is 23.2 Å². The predicted octanol–water partition coefficient (Wildman–Crippen LogP) is 7.58. The minimum absolute atomic E-state index is 0.0654. The molecule has 1 aliphatic rings. The number of ether oxygens (including phenoxy) is 4. The summed E-state index contributed by atoms with van der Waals surface area (Å²) < 4.78 is 25.1. The molecule has 3 aromatic carbocycles. The number of aromatic carboxylic acids is 1. The predicted molar refractivity (Wildman–Crippen MR) is 171 cm³/mol. The van der Waals surface area contributed by atoms with Crippen LogP contribution in [-0.2, 0) is 30.8 Å². The summed E-state index contributed by atoms with van der Waals surface area (Å²) >= 11 is 12.5. The fourth-order valence-corrected chi connectivity index (χ4v) is 5.45. The number of fused-ring (bicyclic) bond motifs is 1. The van der Waals surface area contributed by atoms with E-state index in [0.717, 1.165) is 36.1 Å². The van der Waals surface area contributed by atoms with Crippen molar-refractivity contribution >= 4 is 35.1 Å². The molecule has 0 bridgehead atoms. The van der Waals surface area contributed by atoms with Gasteiger partial charge in [0.2, 0.25) is 0 Å². The Hall–Kier alpha value is -4.47. The maximum absolute atomic E-state index is 13.4. The van der Waals surface area contributed by atoms with Gasteiger partial charge in [0.25, 0.3) is 0 Å². The largest absolute Gasteiger partial charge is 0.496 e. The molecule has 0 amide bonds. The molecule has 4 aromatic rings. The number of unbranched alkanes of at least 4 members (excludes halogenated alkanes) is 1. The number of benzene rings is 3. The van der Waals surface area contributed by atoms with E-state index in [1.54, 1.807) is 36.1 Å². The molecule has 0 aliphatic carbocycles. The fraction of sp³-hybridized carbons (Fsp3) is 0.265. The molecule has 0 saturated carbocycles. The van der Waals surface area contributed by atoms with Crippen LogP contribution in [-0.4, -0.2) is 40.5 Å². The molecule has 0 radical (unpaired) electrons. The van der Waals surface area contributed by atoms with Crippen LogP contribution < -0.4 is 18.9 Å². The Morgan fingerprint density at radius 1 is 1.04 bits per heavy atom. The van der Waals surface area contributed by atoms with Gasteiger partial charge in [-0.3, -0.25) is 4.68 Å². The number of carbonyl (C=O) groups is 2. The first-order chi connectivity index (χ1) is 21.7. The van der Waals surface area contributed by atoms with Gasteiger partial charge in [-0.25, -0.2) is 9.59 Å². The lowest BCUT2D eigenvalue weighted by Crippen LogP contribution is -2.13. The second-order valence-corrected chi connectivity index (χ2v) is 11.4. The van der Waals surface area contributed by atoms with Crippen molar-refractivity contribution in [3.05, 3.63) is 99.2 Å². The van der Waals surface area contributed by atoms with Crippen molar-refractivity contribution in [1.29, 1.82) is 0 Å². The van der Waals surface area contributed by atoms with Gasteiger partial charge in [0.05, 0.1) is 25.5 Å². The van der Waals surface area contributed by atoms with Crippen LogP contribution in [0.5, 0.6) is 23.0 Å². The Morgan fingerprint density at radius 2 is 1.82 bits per heavy atom. The van der Waals surface area contributed by atoms with Crippen molar-refractivity contribution in [2.24, 2.45) is 0 Å². The monoisotopic (exact) mass is 650 g/mol. The van der Waals surface area contributed by atoms with E-state index in [4.69, 9.17) is 42.1 Å². The van der Waals surface area contributed by atoms with Gasteiger partial charge in [-0.1, -0.05) is 43.1 Å². The van der Waals surface area contributed by atoms with Crippen LogP contribution in [0.15, 0.2) is 66.9 Å². The third kappa shape index (κ3) is 7.27. The van der Waals surface area contributed by atoms with Gasteiger partial charge in [-0.05, 0) is 55.0 Å². The van der Waals surface area contributed by atoms with Crippen LogP contribution in [0.2, 0.25) is 10.0 Å². The van der Waals surface area contributed by atoms with Gasteiger partial charge in [-0.15, -0.1) is 0 Å². The summed E-state index contributed by atoms with van der Waals surface area (Å²) in [6.45, 7) is 7.11. The smallest absolute Gasteiger partial charge is 0.339 e. The molecule has 234 valence electrons. The van der Waals surface area contributed by atoms with Crippen LogP contribution in [0, 0.1) is 0 Å². The van der Waals surface area contributed by atoms with E-state index in [9.17, 15) is 14.7 Å². The third-order valence-corrected chi connectivity index (χ3v) is 7.87. The zero-order valence-electron chi connectivity index (χ0n) is 24.9. The second-order valence-electron chi connectivity index (χ2n) is 10.5. The van der Waals surface area contributed by atoms with Crippen LogP contribution in [0.3, 0.4) is 0 Å². The van der Waals surface area contributed by atoms with Gasteiger partial charge in [0.1, 0.15) is 29.5 Å². The van der Waals surface area contributed by atoms with E-state index in [0.29, 0.717) is 51.5 Å². The summed E-state index contributed by atoms with van der Waals surface area (Å²) in [5, 5.41) is 14.9. The second kappa shape index (κ2) is 14.1. The van der Waals surface area contributed by atoms with E-state index in [1.807, 2.05) is 12.1 Å². The Kier molecular flexibility index (Phi) is 10.0. The van der Waals surface area contributed by atoms with Crippen molar-refractivity contribution in [2.45, 2.75) is 45.8 Å². The highest BCUT2D eigenvalue weighted by Crippen LogP contribution is 2.40. The minimum Gasteiger partial charge on any atom is -0.496 e. The summed E-state index contributed by atoms with van der Waals surface area (Å²) in [5.74, 6) is 0.244. The van der Waals surface area contributed by atoms with Crippen molar-refractivity contribution in [1.82, 2.24) is 9.78 Å². The molecular weight excluding hydrogens is 619 g/mol. The van der Waals surface area contributed by atoms with Gasteiger partial charge >= 0.3 is 11.9 Å². The average molecular weight is 652 g/mol. The van der Waals surface area contributed by atoms with E-state index in [1.165, 1.54) is 18.3 Å². The van der Waals surface area contributed by atoms with Crippen LogP contribution in [0.4, 0.5) is 0 Å². The van der Waals surface area contributed by atoms with Crippen molar-refractivity contribution in [2.75, 3.05) is 13.7 Å². The number of methoxy groups -OCH3 is 1. The number of carboxylic acids is 1. The Morgan fingerprint density at radius 3 is 2.58 bits per heavy atom. The van der Waals surface area contributed by atoms with Gasteiger partial charge in [0, 0.05) is 57.3 Å². The molecule has 1 N–H and O–H groups in total. The first kappa shape index (κ1) is 31.9. The molecule has 45 heavy (non-hydrogen) atoms. The summed E-state index contributed by atoms with van der Waals surface area (Å²) in [6, 6.07) is 13.3. The lowest BCUT2D eigenvalue weighted by atomic mass is 10.0. The number of carboxylic acid groups (broad SMARTS) is 1. The Bertz CT molecular complexity index is 1770. The lowest BCUT2D eigenvalue weighted by molar-refractivity contribution is -0.130. The number of hydrogen-bond donors (Lipinski definition) is 1. The molecule has 9 nitrogen and oxygen atoms in total. The summed E-state index contributed by atoms with van der Waals surface area (Å²) in [5.41, 5.74) is 3.54. The standard InChI is InChI=1S/C34H32Cl2N2O7/c1-4-5-11-38-32(27-9-7-25(36)17-30(27)44-19-23-14-24(35)6-8-26(23)33(39)40)31(18-37-38)45-34(41)20(2)13-22-16-29-21(10-12-43-29)15-28(22)42-3/h6-9,14-18H,2,4-5,10-13,19H2,1,3H3,(H,39,40). The first-order valence-electron chi connectivity index (χ1n) is 14.4. The number of carbonyl (C=O) groups excluding carboxylic acids is 1. The molecule has 0 spiro atoms. The number of halogens is 2. The number of aryl methyl sites for hydroxylation is 1. The molecule has 0 unspecified atom stereocenters. The summed E-state index contributed by atoms with van der Waals surface area (Å²) in [6.07, 6.45) is 4.21. The van der Waals surface area contributed by atoms with E-state index in [2.05, 4.69) is 18.6 Å².